The van der Waals surface area contributed by atoms with E-state index in [9.17, 15) is 35.1 Å². The topological polar surface area (TPSA) is 0 Å². The number of alkyl halides is 8. The van der Waals surface area contributed by atoms with Crippen LogP contribution in [0.25, 0.3) is 0 Å². The van der Waals surface area contributed by atoms with Crippen molar-refractivity contribution in [2.45, 2.75) is 36.5 Å². The maximum absolute atomic E-state index is 13.4. The first-order valence-corrected chi connectivity index (χ1v) is 5.78. The quantitative estimate of drug-likeness (QED) is 0.370. The lowest BCUT2D eigenvalue weighted by molar-refractivity contribution is -0.364. The van der Waals surface area contributed by atoms with Gasteiger partial charge in [0.15, 0.2) is 0 Å². The van der Waals surface area contributed by atoms with E-state index in [4.69, 9.17) is 0 Å². The van der Waals surface area contributed by atoms with E-state index in [0.29, 0.717) is 12.2 Å². The van der Waals surface area contributed by atoms with Crippen LogP contribution in [0.2, 0.25) is 0 Å². The summed E-state index contributed by atoms with van der Waals surface area (Å²) in [5.74, 6) is -23.5. The zero-order chi connectivity index (χ0) is 18.0. The molecule has 0 rings (SSSR count). The van der Waals surface area contributed by atoms with E-state index in [1.807, 2.05) is 0 Å². The van der Waals surface area contributed by atoms with Crippen LogP contribution in [0.5, 0.6) is 0 Å². The fourth-order valence-corrected chi connectivity index (χ4v) is 1.40. The van der Waals surface area contributed by atoms with Crippen molar-refractivity contribution in [3.8, 4) is 0 Å². The molecule has 8 heteroatoms. The molecule has 0 aromatic heterocycles. The SMILES string of the molecule is C=CC(=C)CC(F)(F)C(F)(F)C(F)(F)C(F)(F)CC(=C)C=C. The van der Waals surface area contributed by atoms with Crippen molar-refractivity contribution in [3.05, 3.63) is 49.6 Å². The minimum absolute atomic E-state index is 0.639. The second-order valence-electron chi connectivity index (χ2n) is 4.64. The van der Waals surface area contributed by atoms with E-state index in [0.717, 1.165) is 0 Å². The molecule has 0 spiro atoms. The first kappa shape index (κ1) is 20.4. The van der Waals surface area contributed by atoms with Crippen molar-refractivity contribution in [2.24, 2.45) is 0 Å². The molecular weight excluding hydrogens is 320 g/mol. The van der Waals surface area contributed by atoms with Gasteiger partial charge in [0.05, 0.1) is 0 Å². The first-order chi connectivity index (χ1) is 9.66. The van der Waals surface area contributed by atoms with Gasteiger partial charge in [0, 0.05) is 12.8 Å². The largest absolute Gasteiger partial charge is 0.378 e. The van der Waals surface area contributed by atoms with Crippen molar-refractivity contribution in [3.63, 3.8) is 0 Å². The third-order valence-electron chi connectivity index (χ3n) is 2.79. The van der Waals surface area contributed by atoms with Gasteiger partial charge in [0.25, 0.3) is 0 Å². The smallest absolute Gasteiger partial charge is 0.199 e. The van der Waals surface area contributed by atoms with E-state index in [1.165, 1.54) is 0 Å². The fourth-order valence-electron chi connectivity index (χ4n) is 1.40. The molecule has 0 aliphatic carbocycles. The standard InChI is InChI=1S/C14H14F8/c1-5-9(3)7-11(15,16)13(19,20)14(21,22)12(17,18)8-10(4)6-2/h5-6H,1-4,7-8H2. The summed E-state index contributed by atoms with van der Waals surface area (Å²) in [6, 6.07) is 0. The Morgan fingerprint density at radius 3 is 1.05 bits per heavy atom. The zero-order valence-electron chi connectivity index (χ0n) is 11.4. The summed E-state index contributed by atoms with van der Waals surface area (Å²) in [5, 5.41) is 0. The minimum Gasteiger partial charge on any atom is -0.199 e. The van der Waals surface area contributed by atoms with E-state index in [2.05, 4.69) is 26.3 Å². The lowest BCUT2D eigenvalue weighted by Gasteiger charge is -2.37. The molecule has 0 atom stereocenters. The second kappa shape index (κ2) is 6.26. The highest BCUT2D eigenvalue weighted by Crippen LogP contribution is 2.55. The van der Waals surface area contributed by atoms with Crippen LogP contribution in [0, 0.1) is 0 Å². The normalized spacial score (nSPS) is 13.6. The predicted molar refractivity (Wildman–Crippen MR) is 67.7 cm³/mol. The Balaban J connectivity index is 5.72. The van der Waals surface area contributed by atoms with Crippen molar-refractivity contribution < 1.29 is 35.1 Å². The van der Waals surface area contributed by atoms with Crippen LogP contribution in [0.15, 0.2) is 49.6 Å². The van der Waals surface area contributed by atoms with Crippen LogP contribution in [0.3, 0.4) is 0 Å². The average Bonchev–Trinajstić information content (AvgIpc) is 2.36. The van der Waals surface area contributed by atoms with Crippen LogP contribution >= 0.6 is 0 Å². The molecule has 0 bridgehead atoms. The lowest BCUT2D eigenvalue weighted by Crippen LogP contribution is -2.62. The van der Waals surface area contributed by atoms with Gasteiger partial charge < -0.3 is 0 Å². The number of hydrogen-bond donors (Lipinski definition) is 0. The Labute approximate surface area is 122 Å². The van der Waals surface area contributed by atoms with Crippen molar-refractivity contribution in [1.82, 2.24) is 0 Å². The first-order valence-electron chi connectivity index (χ1n) is 5.78. The fraction of sp³-hybridized carbons (Fsp3) is 0.429. The summed E-state index contributed by atoms with van der Waals surface area (Å²) in [4.78, 5) is 0. The summed E-state index contributed by atoms with van der Waals surface area (Å²) in [6.07, 6.45) is -2.59. The summed E-state index contributed by atoms with van der Waals surface area (Å²) in [6.45, 7) is 11.7. The Morgan fingerprint density at radius 1 is 0.636 bits per heavy atom. The van der Waals surface area contributed by atoms with Gasteiger partial charge in [-0.2, -0.15) is 35.1 Å². The van der Waals surface area contributed by atoms with Crippen molar-refractivity contribution >= 4 is 0 Å². The molecule has 0 unspecified atom stereocenters. The molecule has 0 aliphatic heterocycles. The van der Waals surface area contributed by atoms with E-state index in [1.54, 1.807) is 0 Å². The molecular formula is C14H14F8. The summed E-state index contributed by atoms with van der Waals surface area (Å²) >= 11 is 0. The van der Waals surface area contributed by atoms with Crippen LogP contribution < -0.4 is 0 Å². The van der Waals surface area contributed by atoms with E-state index >= 15 is 0 Å². The Kier molecular flexibility index (Phi) is 5.80. The minimum atomic E-state index is -6.31. The zero-order valence-corrected chi connectivity index (χ0v) is 11.4. The van der Waals surface area contributed by atoms with Gasteiger partial charge in [0.2, 0.25) is 0 Å². The second-order valence-corrected chi connectivity index (χ2v) is 4.64. The highest BCUT2D eigenvalue weighted by atomic mass is 19.4. The molecule has 0 saturated carbocycles. The molecule has 0 amide bonds. The molecule has 0 aliphatic rings. The molecule has 0 aromatic carbocycles. The molecule has 0 nitrogen and oxygen atoms in total. The Bertz CT molecular complexity index is 429. The Morgan fingerprint density at radius 2 is 0.864 bits per heavy atom. The average molecular weight is 334 g/mol. The lowest BCUT2D eigenvalue weighted by atomic mass is 9.91. The van der Waals surface area contributed by atoms with Gasteiger partial charge in [0.1, 0.15) is 0 Å². The van der Waals surface area contributed by atoms with Gasteiger partial charge in [-0.25, -0.2) is 0 Å². The highest BCUT2D eigenvalue weighted by Gasteiger charge is 2.79. The van der Waals surface area contributed by atoms with Gasteiger partial charge in [-0.1, -0.05) is 38.5 Å². The molecule has 22 heavy (non-hydrogen) atoms. The third-order valence-corrected chi connectivity index (χ3v) is 2.79. The van der Waals surface area contributed by atoms with Crippen LogP contribution in [-0.2, 0) is 0 Å². The molecule has 0 radical (unpaired) electrons. The molecule has 0 heterocycles. The van der Waals surface area contributed by atoms with Crippen LogP contribution in [0.4, 0.5) is 35.1 Å². The number of allylic oxidation sites excluding steroid dienone is 4. The third kappa shape index (κ3) is 3.59. The molecule has 0 fully saturated rings. The maximum Gasteiger partial charge on any atom is 0.378 e. The summed E-state index contributed by atoms with van der Waals surface area (Å²) in [5.41, 5.74) is -1.39. The summed E-state index contributed by atoms with van der Waals surface area (Å²) < 4.78 is 107. The maximum atomic E-state index is 13.4. The van der Waals surface area contributed by atoms with Gasteiger partial charge in [-0.15, -0.1) is 0 Å². The highest BCUT2D eigenvalue weighted by molar-refractivity contribution is 5.19. The van der Waals surface area contributed by atoms with Gasteiger partial charge >= 0.3 is 23.7 Å². The van der Waals surface area contributed by atoms with E-state index in [-0.39, 0.29) is 0 Å². The molecule has 0 saturated heterocycles. The number of rotatable bonds is 9. The molecule has 0 aromatic rings. The molecule has 126 valence electrons. The van der Waals surface area contributed by atoms with E-state index < -0.39 is 47.7 Å². The molecule has 0 N–H and O–H groups in total. The van der Waals surface area contributed by atoms with Gasteiger partial charge in [-0.3, -0.25) is 0 Å². The number of hydrogen-bond acceptors (Lipinski definition) is 0. The van der Waals surface area contributed by atoms with Crippen molar-refractivity contribution in [1.29, 1.82) is 0 Å². The van der Waals surface area contributed by atoms with Crippen molar-refractivity contribution in [2.75, 3.05) is 0 Å². The van der Waals surface area contributed by atoms with Crippen LogP contribution in [0.1, 0.15) is 12.8 Å². The monoisotopic (exact) mass is 334 g/mol. The van der Waals surface area contributed by atoms with Crippen LogP contribution in [-0.4, -0.2) is 23.7 Å². The summed E-state index contributed by atoms with van der Waals surface area (Å²) in [7, 11) is 0. The number of halogens is 8. The predicted octanol–water partition coefficient (Wildman–Crippen LogP) is 5.79. The Hall–Kier alpha value is -1.60. The van der Waals surface area contributed by atoms with Gasteiger partial charge in [-0.05, 0) is 11.1 Å².